The first-order valence-corrected chi connectivity index (χ1v) is 6.29. The lowest BCUT2D eigenvalue weighted by molar-refractivity contribution is 0.594. The number of sulfonamides is 1. The van der Waals surface area contributed by atoms with Gasteiger partial charge in [0.05, 0.1) is 6.33 Å². The van der Waals surface area contributed by atoms with Crippen molar-refractivity contribution in [3.8, 4) is 0 Å². The third kappa shape index (κ3) is 2.89. The highest BCUT2D eigenvalue weighted by Crippen LogP contribution is 2.07. The first-order chi connectivity index (χ1) is 7.95. The summed E-state index contributed by atoms with van der Waals surface area (Å²) in [7, 11) is -3.77. The van der Waals surface area contributed by atoms with Gasteiger partial charge in [-0.25, -0.2) is 22.9 Å². The molecule has 0 atom stereocenters. The van der Waals surface area contributed by atoms with E-state index in [1.165, 1.54) is 24.7 Å². The van der Waals surface area contributed by atoms with Gasteiger partial charge in [0.2, 0.25) is 0 Å². The van der Waals surface area contributed by atoms with Gasteiger partial charge in [-0.1, -0.05) is 12.1 Å². The molecule has 0 aliphatic rings. The van der Waals surface area contributed by atoms with E-state index < -0.39 is 10.0 Å². The number of halogens is 1. The van der Waals surface area contributed by atoms with Crippen molar-refractivity contribution in [3.05, 3.63) is 48.2 Å². The Morgan fingerprint density at radius 2 is 1.94 bits per heavy atom. The standard InChI is InChI=1S/C10H10FN3O2S/c11-9-3-1-8(2-4-9)5-14-6-10(13-7-14)17(12,15)16/h1-4,6-7H,5H2,(H2,12,15,16). The Morgan fingerprint density at radius 1 is 1.29 bits per heavy atom. The Balaban J connectivity index is 2.20. The summed E-state index contributed by atoms with van der Waals surface area (Å²) in [5.74, 6) is -0.315. The van der Waals surface area contributed by atoms with E-state index in [1.807, 2.05) is 0 Å². The number of hydrogen-bond donors (Lipinski definition) is 1. The van der Waals surface area contributed by atoms with Crippen molar-refractivity contribution in [2.24, 2.45) is 5.14 Å². The zero-order valence-electron chi connectivity index (χ0n) is 8.75. The Morgan fingerprint density at radius 3 is 2.47 bits per heavy atom. The Labute approximate surface area is 97.8 Å². The van der Waals surface area contributed by atoms with Crippen LogP contribution in [0.5, 0.6) is 0 Å². The van der Waals surface area contributed by atoms with Crippen molar-refractivity contribution in [1.29, 1.82) is 0 Å². The number of primary sulfonamides is 1. The molecule has 7 heteroatoms. The molecule has 0 aliphatic carbocycles. The molecular formula is C10H10FN3O2S. The van der Waals surface area contributed by atoms with Crippen molar-refractivity contribution < 1.29 is 12.8 Å². The number of hydrogen-bond acceptors (Lipinski definition) is 3. The van der Waals surface area contributed by atoms with E-state index in [4.69, 9.17) is 5.14 Å². The first-order valence-electron chi connectivity index (χ1n) is 4.74. The molecule has 1 aromatic carbocycles. The quantitative estimate of drug-likeness (QED) is 0.877. The molecule has 0 unspecified atom stereocenters. The van der Waals surface area contributed by atoms with E-state index in [0.717, 1.165) is 5.56 Å². The smallest absolute Gasteiger partial charge is 0.257 e. The van der Waals surface area contributed by atoms with Crippen LogP contribution in [0, 0.1) is 5.82 Å². The van der Waals surface area contributed by atoms with Gasteiger partial charge < -0.3 is 4.57 Å². The molecule has 2 aromatic rings. The predicted octanol–water partition coefficient (Wildman–Crippen LogP) is 0.718. The third-order valence-electron chi connectivity index (χ3n) is 2.18. The fourth-order valence-corrected chi connectivity index (χ4v) is 1.85. The van der Waals surface area contributed by atoms with Crippen molar-refractivity contribution in [3.63, 3.8) is 0 Å². The van der Waals surface area contributed by atoms with Gasteiger partial charge in [-0.2, -0.15) is 0 Å². The molecule has 1 heterocycles. The van der Waals surface area contributed by atoms with Crippen LogP contribution in [0.25, 0.3) is 0 Å². The van der Waals surface area contributed by atoms with E-state index >= 15 is 0 Å². The molecule has 2 rings (SSSR count). The molecule has 2 N–H and O–H groups in total. The summed E-state index contributed by atoms with van der Waals surface area (Å²) >= 11 is 0. The minimum atomic E-state index is -3.77. The van der Waals surface area contributed by atoms with Gasteiger partial charge in [0.25, 0.3) is 10.0 Å². The second-order valence-electron chi connectivity index (χ2n) is 3.56. The molecule has 0 saturated heterocycles. The second-order valence-corrected chi connectivity index (χ2v) is 5.06. The van der Waals surface area contributed by atoms with Gasteiger partial charge in [0, 0.05) is 12.7 Å². The lowest BCUT2D eigenvalue weighted by Crippen LogP contribution is -2.12. The molecule has 17 heavy (non-hydrogen) atoms. The summed E-state index contributed by atoms with van der Waals surface area (Å²) in [6.45, 7) is 0.406. The highest BCUT2D eigenvalue weighted by atomic mass is 32.2. The highest BCUT2D eigenvalue weighted by molar-refractivity contribution is 7.89. The van der Waals surface area contributed by atoms with Gasteiger partial charge in [-0.15, -0.1) is 0 Å². The minimum Gasteiger partial charge on any atom is -0.332 e. The largest absolute Gasteiger partial charge is 0.332 e. The van der Waals surface area contributed by atoms with Crippen molar-refractivity contribution in [2.45, 2.75) is 11.6 Å². The lowest BCUT2D eigenvalue weighted by Gasteiger charge is -2.01. The Hall–Kier alpha value is -1.73. The average Bonchev–Trinajstić information content (AvgIpc) is 2.69. The van der Waals surface area contributed by atoms with Crippen molar-refractivity contribution in [1.82, 2.24) is 9.55 Å². The Bertz CT molecular complexity index is 619. The Kier molecular flexibility index (Phi) is 2.95. The summed E-state index contributed by atoms with van der Waals surface area (Å²) < 4.78 is 36.2. The molecular weight excluding hydrogens is 245 g/mol. The van der Waals surface area contributed by atoms with E-state index in [2.05, 4.69) is 4.98 Å². The molecule has 0 saturated carbocycles. The van der Waals surface area contributed by atoms with Gasteiger partial charge in [0.1, 0.15) is 5.82 Å². The van der Waals surface area contributed by atoms with E-state index in [9.17, 15) is 12.8 Å². The maximum absolute atomic E-state index is 12.7. The van der Waals surface area contributed by atoms with Crippen LogP contribution in [0.15, 0.2) is 41.8 Å². The fraction of sp³-hybridized carbons (Fsp3) is 0.100. The van der Waals surface area contributed by atoms with Crippen LogP contribution in [0.4, 0.5) is 4.39 Å². The average molecular weight is 255 g/mol. The predicted molar refractivity (Wildman–Crippen MR) is 59.1 cm³/mol. The maximum atomic E-state index is 12.7. The summed E-state index contributed by atoms with van der Waals surface area (Å²) in [4.78, 5) is 3.68. The van der Waals surface area contributed by atoms with Crippen LogP contribution in [-0.4, -0.2) is 18.0 Å². The van der Waals surface area contributed by atoms with Crippen LogP contribution in [0.2, 0.25) is 0 Å². The van der Waals surface area contributed by atoms with Crippen molar-refractivity contribution >= 4 is 10.0 Å². The molecule has 90 valence electrons. The van der Waals surface area contributed by atoms with Crippen LogP contribution in [0.1, 0.15) is 5.56 Å². The SMILES string of the molecule is NS(=O)(=O)c1cn(Cc2ccc(F)cc2)cn1. The lowest BCUT2D eigenvalue weighted by atomic mass is 10.2. The van der Waals surface area contributed by atoms with Crippen LogP contribution in [0.3, 0.4) is 0 Å². The zero-order valence-corrected chi connectivity index (χ0v) is 9.56. The fourth-order valence-electron chi connectivity index (χ4n) is 1.37. The van der Waals surface area contributed by atoms with E-state index in [0.29, 0.717) is 6.54 Å². The summed E-state index contributed by atoms with van der Waals surface area (Å²) in [5.41, 5.74) is 0.838. The number of rotatable bonds is 3. The molecule has 0 bridgehead atoms. The number of nitrogens with zero attached hydrogens (tertiary/aromatic N) is 2. The highest BCUT2D eigenvalue weighted by Gasteiger charge is 2.11. The minimum absolute atomic E-state index is 0.181. The van der Waals surface area contributed by atoms with Gasteiger partial charge >= 0.3 is 0 Å². The van der Waals surface area contributed by atoms with E-state index in [1.54, 1.807) is 16.7 Å². The molecule has 5 nitrogen and oxygen atoms in total. The molecule has 0 amide bonds. The maximum Gasteiger partial charge on any atom is 0.257 e. The van der Waals surface area contributed by atoms with Crippen LogP contribution >= 0.6 is 0 Å². The van der Waals surface area contributed by atoms with Gasteiger partial charge in [-0.3, -0.25) is 0 Å². The summed E-state index contributed by atoms with van der Waals surface area (Å²) in [6.07, 6.45) is 2.70. The molecule has 0 aliphatic heterocycles. The number of imidazole rings is 1. The van der Waals surface area contributed by atoms with Gasteiger partial charge in [-0.05, 0) is 17.7 Å². The molecule has 1 aromatic heterocycles. The topological polar surface area (TPSA) is 78.0 Å². The summed E-state index contributed by atoms with van der Waals surface area (Å²) in [5, 5.41) is 4.75. The normalized spacial score (nSPS) is 11.6. The molecule has 0 spiro atoms. The molecule has 0 fully saturated rings. The molecule has 0 radical (unpaired) electrons. The third-order valence-corrected chi connectivity index (χ3v) is 2.97. The second kappa shape index (κ2) is 4.27. The monoisotopic (exact) mass is 255 g/mol. The van der Waals surface area contributed by atoms with E-state index in [-0.39, 0.29) is 10.8 Å². The van der Waals surface area contributed by atoms with Crippen LogP contribution in [-0.2, 0) is 16.6 Å². The van der Waals surface area contributed by atoms with Crippen LogP contribution < -0.4 is 5.14 Å². The zero-order chi connectivity index (χ0) is 12.5. The first kappa shape index (κ1) is 11.7. The summed E-state index contributed by atoms with van der Waals surface area (Å²) in [6, 6.07) is 5.91. The van der Waals surface area contributed by atoms with Crippen molar-refractivity contribution in [2.75, 3.05) is 0 Å². The number of nitrogens with two attached hydrogens (primary N) is 1. The number of aromatic nitrogens is 2. The number of benzene rings is 1. The van der Waals surface area contributed by atoms with Gasteiger partial charge in [0.15, 0.2) is 5.03 Å².